The Kier molecular flexibility index (Phi) is 7.13. The lowest BCUT2D eigenvalue weighted by atomic mass is 9.92. The second kappa shape index (κ2) is 9.79. The summed E-state index contributed by atoms with van der Waals surface area (Å²) in [4.78, 5) is 21.7. The molecule has 0 radical (unpaired) electrons. The van der Waals surface area contributed by atoms with Crippen molar-refractivity contribution in [3.8, 4) is 0 Å². The maximum Gasteiger partial charge on any atom is 0.307 e. The van der Waals surface area contributed by atoms with Gasteiger partial charge < -0.3 is 10.5 Å². The van der Waals surface area contributed by atoms with Crippen LogP contribution in [0.4, 0.5) is 4.39 Å². The molecule has 0 fully saturated rings. The van der Waals surface area contributed by atoms with Crippen molar-refractivity contribution in [2.75, 3.05) is 0 Å². The number of nitrogens with zero attached hydrogens (tertiary/aromatic N) is 2. The molecule has 0 aliphatic rings. The van der Waals surface area contributed by atoms with Crippen LogP contribution in [0.3, 0.4) is 0 Å². The molecule has 0 spiro atoms. The summed E-state index contributed by atoms with van der Waals surface area (Å²) >= 11 is 0. The van der Waals surface area contributed by atoms with Gasteiger partial charge in [0, 0.05) is 25.1 Å². The lowest BCUT2D eigenvalue weighted by Crippen LogP contribution is -2.25. The topological polar surface area (TPSA) is 78.1 Å². The van der Waals surface area contributed by atoms with E-state index in [2.05, 4.69) is 4.98 Å². The quantitative estimate of drug-likeness (QED) is 0.567. The van der Waals surface area contributed by atoms with E-state index >= 15 is 0 Å². The highest BCUT2D eigenvalue weighted by molar-refractivity contribution is 5.71. The van der Waals surface area contributed by atoms with Crippen LogP contribution in [0.2, 0.25) is 0 Å². The van der Waals surface area contributed by atoms with Crippen molar-refractivity contribution < 1.29 is 13.9 Å². The van der Waals surface area contributed by atoms with Crippen molar-refractivity contribution in [2.45, 2.75) is 51.7 Å². The second-order valence-electron chi connectivity index (χ2n) is 8.49. The van der Waals surface area contributed by atoms with Crippen LogP contribution < -0.4 is 5.73 Å². The molecule has 1 aromatic heterocycles. The van der Waals surface area contributed by atoms with Crippen LogP contribution in [0.15, 0.2) is 60.8 Å². The van der Waals surface area contributed by atoms with Gasteiger partial charge in [0.15, 0.2) is 0 Å². The molecular weight excluding hydrogens is 393 g/mol. The average Bonchev–Trinajstić information content (AvgIpc) is 2.72. The van der Waals surface area contributed by atoms with Crippen LogP contribution >= 0.6 is 0 Å². The number of carbonyl (C=O) groups excluding carboxylic acids is 1. The lowest BCUT2D eigenvalue weighted by Gasteiger charge is -2.22. The molecule has 3 rings (SSSR count). The molecule has 2 N–H and O–H groups in total. The van der Waals surface area contributed by atoms with Crippen LogP contribution in [0.25, 0.3) is 0 Å². The Hall–Kier alpha value is -3.12. The van der Waals surface area contributed by atoms with E-state index in [0.717, 1.165) is 16.7 Å². The highest BCUT2D eigenvalue weighted by atomic mass is 19.1. The molecule has 0 amide bonds. The maximum absolute atomic E-state index is 13.5. The van der Waals surface area contributed by atoms with E-state index < -0.39 is 5.60 Å². The first kappa shape index (κ1) is 22.6. The molecule has 0 bridgehead atoms. The van der Waals surface area contributed by atoms with E-state index in [1.807, 2.05) is 45.0 Å². The van der Waals surface area contributed by atoms with Gasteiger partial charge in [-0.1, -0.05) is 36.4 Å². The van der Waals surface area contributed by atoms with Crippen molar-refractivity contribution in [3.05, 3.63) is 94.8 Å². The highest BCUT2D eigenvalue weighted by Crippen LogP contribution is 2.28. The fraction of sp³-hybridized carbons (Fsp3) is 0.320. The first-order valence-electron chi connectivity index (χ1n) is 10.3. The van der Waals surface area contributed by atoms with E-state index in [0.29, 0.717) is 24.5 Å². The van der Waals surface area contributed by atoms with Gasteiger partial charge in [-0.15, -0.1) is 0 Å². The van der Waals surface area contributed by atoms with Gasteiger partial charge in [0.25, 0.3) is 0 Å². The van der Waals surface area contributed by atoms with E-state index in [1.165, 1.54) is 12.1 Å². The van der Waals surface area contributed by atoms with Crippen LogP contribution in [0, 0.1) is 5.82 Å². The first-order valence-corrected chi connectivity index (χ1v) is 10.3. The third kappa shape index (κ3) is 6.69. The summed E-state index contributed by atoms with van der Waals surface area (Å²) in [7, 11) is 0. The molecule has 6 heteroatoms. The van der Waals surface area contributed by atoms with Crippen molar-refractivity contribution in [1.29, 1.82) is 0 Å². The SMILES string of the molecule is CC(C)(C)OC(=O)CC(c1ccc(F)cc1)c1ccnc(Cc2ccc(CN)cc2)n1. The van der Waals surface area contributed by atoms with Gasteiger partial charge in [0.1, 0.15) is 17.2 Å². The smallest absolute Gasteiger partial charge is 0.307 e. The molecule has 31 heavy (non-hydrogen) atoms. The molecule has 2 aromatic carbocycles. The molecule has 5 nitrogen and oxygen atoms in total. The molecule has 0 aliphatic carbocycles. The largest absolute Gasteiger partial charge is 0.460 e. The number of aromatic nitrogens is 2. The maximum atomic E-state index is 13.5. The van der Waals surface area contributed by atoms with E-state index in [9.17, 15) is 9.18 Å². The van der Waals surface area contributed by atoms with Gasteiger partial charge in [-0.25, -0.2) is 14.4 Å². The Labute approximate surface area is 182 Å². The zero-order valence-corrected chi connectivity index (χ0v) is 18.1. The number of ether oxygens (including phenoxy) is 1. The molecule has 0 saturated carbocycles. The minimum atomic E-state index is -0.586. The number of hydrogen-bond donors (Lipinski definition) is 1. The predicted molar refractivity (Wildman–Crippen MR) is 118 cm³/mol. The van der Waals surface area contributed by atoms with E-state index in [1.54, 1.807) is 24.4 Å². The summed E-state index contributed by atoms with van der Waals surface area (Å²) in [6.45, 7) is 5.99. The van der Waals surface area contributed by atoms with Crippen molar-refractivity contribution in [2.24, 2.45) is 5.73 Å². The molecule has 0 saturated heterocycles. The third-order valence-electron chi connectivity index (χ3n) is 4.77. The molecule has 3 aromatic rings. The standard InChI is InChI=1S/C25H28FN3O2/c1-25(2,3)31-24(30)15-21(19-8-10-20(26)11-9-19)22-12-13-28-23(29-22)14-17-4-6-18(16-27)7-5-17/h4-13,21H,14-16,27H2,1-3H3. The Morgan fingerprint density at radius 2 is 1.68 bits per heavy atom. The van der Waals surface area contributed by atoms with Gasteiger partial charge in [0.05, 0.1) is 12.1 Å². The number of benzene rings is 2. The highest BCUT2D eigenvalue weighted by Gasteiger charge is 2.24. The lowest BCUT2D eigenvalue weighted by molar-refractivity contribution is -0.155. The number of hydrogen-bond acceptors (Lipinski definition) is 5. The van der Waals surface area contributed by atoms with Crippen molar-refractivity contribution in [3.63, 3.8) is 0 Å². The summed E-state index contributed by atoms with van der Waals surface area (Å²) in [5.41, 5.74) is 8.70. The van der Waals surface area contributed by atoms with Gasteiger partial charge in [0.2, 0.25) is 0 Å². The number of nitrogens with two attached hydrogens (primary N) is 1. The summed E-state index contributed by atoms with van der Waals surface area (Å²) in [6.07, 6.45) is 2.35. The predicted octanol–water partition coefficient (Wildman–Crippen LogP) is 4.53. The minimum Gasteiger partial charge on any atom is -0.460 e. The number of carbonyl (C=O) groups is 1. The van der Waals surface area contributed by atoms with Crippen LogP contribution in [-0.4, -0.2) is 21.5 Å². The van der Waals surface area contributed by atoms with Crippen LogP contribution in [0.5, 0.6) is 0 Å². The zero-order valence-electron chi connectivity index (χ0n) is 18.1. The fourth-order valence-corrected chi connectivity index (χ4v) is 3.31. The monoisotopic (exact) mass is 421 g/mol. The minimum absolute atomic E-state index is 0.102. The van der Waals surface area contributed by atoms with Gasteiger partial charge in [-0.2, -0.15) is 0 Å². The number of rotatable bonds is 7. The Morgan fingerprint density at radius 1 is 1.03 bits per heavy atom. The summed E-state index contributed by atoms with van der Waals surface area (Å²) in [5.74, 6) is -0.380. The molecular formula is C25H28FN3O2. The molecule has 1 heterocycles. The summed E-state index contributed by atoms with van der Waals surface area (Å²) < 4.78 is 19.0. The normalized spacial score (nSPS) is 12.4. The van der Waals surface area contributed by atoms with E-state index in [-0.39, 0.29) is 24.1 Å². The van der Waals surface area contributed by atoms with Gasteiger partial charge >= 0.3 is 5.97 Å². The molecule has 162 valence electrons. The third-order valence-corrected chi connectivity index (χ3v) is 4.77. The zero-order chi connectivity index (χ0) is 22.4. The Balaban J connectivity index is 1.88. The molecule has 0 aliphatic heterocycles. The molecule has 1 unspecified atom stereocenters. The Morgan fingerprint density at radius 3 is 2.29 bits per heavy atom. The molecule has 1 atom stereocenters. The number of esters is 1. The van der Waals surface area contributed by atoms with Crippen LogP contribution in [0.1, 0.15) is 61.3 Å². The van der Waals surface area contributed by atoms with Crippen LogP contribution in [-0.2, 0) is 22.5 Å². The first-order chi connectivity index (χ1) is 14.7. The van der Waals surface area contributed by atoms with E-state index in [4.69, 9.17) is 15.5 Å². The fourth-order valence-electron chi connectivity index (χ4n) is 3.31. The summed E-state index contributed by atoms with van der Waals surface area (Å²) in [6, 6.07) is 15.9. The number of halogens is 1. The second-order valence-corrected chi connectivity index (χ2v) is 8.49. The average molecular weight is 422 g/mol. The Bertz CT molecular complexity index is 1010. The van der Waals surface area contributed by atoms with Gasteiger partial charge in [-0.3, -0.25) is 4.79 Å². The van der Waals surface area contributed by atoms with Crippen molar-refractivity contribution >= 4 is 5.97 Å². The van der Waals surface area contributed by atoms with Crippen molar-refractivity contribution in [1.82, 2.24) is 9.97 Å². The van der Waals surface area contributed by atoms with Gasteiger partial charge in [-0.05, 0) is 55.7 Å². The summed E-state index contributed by atoms with van der Waals surface area (Å²) in [5, 5.41) is 0.